The van der Waals surface area contributed by atoms with Crippen molar-refractivity contribution < 1.29 is 14.7 Å². The van der Waals surface area contributed by atoms with Crippen molar-refractivity contribution in [2.45, 2.75) is 32.2 Å². The lowest BCUT2D eigenvalue weighted by Crippen LogP contribution is -2.39. The molecule has 0 spiro atoms. The van der Waals surface area contributed by atoms with Gasteiger partial charge in [0.1, 0.15) is 0 Å². The van der Waals surface area contributed by atoms with E-state index in [1.165, 1.54) is 11.3 Å². The van der Waals surface area contributed by atoms with E-state index >= 15 is 0 Å². The zero-order valence-corrected chi connectivity index (χ0v) is 12.4. The smallest absolute Gasteiger partial charge is 0.321 e. The zero-order chi connectivity index (χ0) is 15.2. The molecule has 0 saturated heterocycles. The first-order valence-corrected chi connectivity index (χ1v) is 7.55. The molecule has 7 heteroatoms. The Kier molecular flexibility index (Phi) is 5.10. The number of aromatic nitrogens is 1. The highest BCUT2D eigenvalue weighted by atomic mass is 32.1. The van der Waals surface area contributed by atoms with Crippen LogP contribution >= 0.6 is 11.3 Å². The van der Waals surface area contributed by atoms with Crippen LogP contribution < -0.4 is 10.6 Å². The predicted molar refractivity (Wildman–Crippen MR) is 82.7 cm³/mol. The molecule has 0 aliphatic carbocycles. The third kappa shape index (κ3) is 4.42. The lowest BCUT2D eigenvalue weighted by atomic mass is 10.1. The van der Waals surface area contributed by atoms with Gasteiger partial charge in [0.25, 0.3) is 0 Å². The number of thiazole rings is 1. The number of hydrogen-bond donors (Lipinski definition) is 3. The third-order valence-corrected chi connectivity index (χ3v) is 3.86. The fraction of sp³-hybridized carbons (Fsp3) is 0.357. The molecule has 0 aliphatic heterocycles. The summed E-state index contributed by atoms with van der Waals surface area (Å²) in [5, 5.41) is 14.7. The van der Waals surface area contributed by atoms with Crippen LogP contribution in [-0.2, 0) is 4.79 Å². The molecule has 0 bridgehead atoms. The average Bonchev–Trinajstić information content (AvgIpc) is 2.79. The SMILES string of the molecule is CCCC(CC(=O)O)NC(=O)Nc1nc2ccccc2s1. The van der Waals surface area contributed by atoms with Crippen molar-refractivity contribution in [3.63, 3.8) is 0 Å². The number of nitrogens with zero attached hydrogens (tertiary/aromatic N) is 1. The van der Waals surface area contributed by atoms with Gasteiger partial charge in [0, 0.05) is 6.04 Å². The summed E-state index contributed by atoms with van der Waals surface area (Å²) in [4.78, 5) is 27.0. The lowest BCUT2D eigenvalue weighted by molar-refractivity contribution is -0.137. The van der Waals surface area contributed by atoms with Crippen LogP contribution in [0.4, 0.5) is 9.93 Å². The van der Waals surface area contributed by atoms with Crippen molar-refractivity contribution >= 4 is 38.7 Å². The predicted octanol–water partition coefficient (Wildman–Crippen LogP) is 3.06. The van der Waals surface area contributed by atoms with Gasteiger partial charge < -0.3 is 10.4 Å². The topological polar surface area (TPSA) is 91.3 Å². The van der Waals surface area contributed by atoms with E-state index in [1.807, 2.05) is 31.2 Å². The summed E-state index contributed by atoms with van der Waals surface area (Å²) in [5.74, 6) is -0.922. The molecule has 6 nitrogen and oxygen atoms in total. The van der Waals surface area contributed by atoms with Crippen LogP contribution in [0.25, 0.3) is 10.2 Å². The number of hydrogen-bond acceptors (Lipinski definition) is 4. The summed E-state index contributed by atoms with van der Waals surface area (Å²) < 4.78 is 0.989. The highest BCUT2D eigenvalue weighted by Gasteiger charge is 2.16. The van der Waals surface area contributed by atoms with E-state index in [0.717, 1.165) is 16.6 Å². The summed E-state index contributed by atoms with van der Waals surface area (Å²) in [6.07, 6.45) is 1.35. The van der Waals surface area contributed by atoms with Crippen molar-refractivity contribution in [1.82, 2.24) is 10.3 Å². The number of urea groups is 1. The van der Waals surface area contributed by atoms with Crippen molar-refractivity contribution in [3.05, 3.63) is 24.3 Å². The second-order valence-corrected chi connectivity index (χ2v) is 5.70. The first-order valence-electron chi connectivity index (χ1n) is 6.73. The van der Waals surface area contributed by atoms with Gasteiger partial charge in [0.2, 0.25) is 0 Å². The Morgan fingerprint density at radius 1 is 1.38 bits per heavy atom. The van der Waals surface area contributed by atoms with Crippen molar-refractivity contribution in [3.8, 4) is 0 Å². The maximum absolute atomic E-state index is 11.9. The number of anilines is 1. The van der Waals surface area contributed by atoms with Gasteiger partial charge >= 0.3 is 12.0 Å². The standard InChI is InChI=1S/C14H17N3O3S/c1-2-5-9(8-12(18)19)15-13(20)17-14-16-10-6-3-4-7-11(10)21-14/h3-4,6-7,9H,2,5,8H2,1H3,(H,18,19)(H2,15,16,17,20). The first kappa shape index (κ1) is 15.2. The number of carboxylic acids is 1. The van der Waals surface area contributed by atoms with E-state index in [9.17, 15) is 9.59 Å². The van der Waals surface area contributed by atoms with Crippen molar-refractivity contribution in [2.75, 3.05) is 5.32 Å². The number of benzene rings is 1. The Balaban J connectivity index is 1.97. The van der Waals surface area contributed by atoms with E-state index in [-0.39, 0.29) is 12.5 Å². The van der Waals surface area contributed by atoms with E-state index < -0.39 is 12.0 Å². The summed E-state index contributed by atoms with van der Waals surface area (Å²) >= 11 is 1.38. The zero-order valence-electron chi connectivity index (χ0n) is 11.6. The van der Waals surface area contributed by atoms with Gasteiger partial charge in [0.05, 0.1) is 16.6 Å². The normalized spacial score (nSPS) is 12.0. The molecule has 21 heavy (non-hydrogen) atoms. The molecular formula is C14H17N3O3S. The van der Waals surface area contributed by atoms with Crippen molar-refractivity contribution in [1.29, 1.82) is 0 Å². The van der Waals surface area contributed by atoms with Gasteiger partial charge in [-0.15, -0.1) is 0 Å². The molecule has 3 N–H and O–H groups in total. The van der Waals surface area contributed by atoms with Gasteiger partial charge in [-0.3, -0.25) is 10.1 Å². The minimum absolute atomic E-state index is 0.0822. The molecule has 1 atom stereocenters. The minimum atomic E-state index is -0.922. The van der Waals surface area contributed by atoms with Crippen LogP contribution in [0.5, 0.6) is 0 Å². The lowest BCUT2D eigenvalue weighted by Gasteiger charge is -2.15. The number of carboxylic acid groups (broad SMARTS) is 1. The molecule has 0 aliphatic rings. The van der Waals surface area contributed by atoms with Crippen molar-refractivity contribution in [2.24, 2.45) is 0 Å². The molecular weight excluding hydrogens is 290 g/mol. The number of fused-ring (bicyclic) bond motifs is 1. The van der Waals surface area contributed by atoms with Gasteiger partial charge in [-0.1, -0.05) is 36.8 Å². The monoisotopic (exact) mass is 307 g/mol. The number of rotatable bonds is 6. The van der Waals surface area contributed by atoms with E-state index in [2.05, 4.69) is 15.6 Å². The molecule has 0 saturated carbocycles. The summed E-state index contributed by atoms with van der Waals surface area (Å²) in [6, 6.07) is 6.81. The number of aliphatic carboxylic acids is 1. The molecule has 1 heterocycles. The maximum atomic E-state index is 11.9. The fourth-order valence-corrected chi connectivity index (χ4v) is 2.89. The van der Waals surface area contributed by atoms with E-state index in [4.69, 9.17) is 5.11 Å². The first-order chi connectivity index (χ1) is 10.1. The number of carbonyl (C=O) groups is 2. The van der Waals surface area contributed by atoms with Crippen LogP contribution in [0.15, 0.2) is 24.3 Å². The van der Waals surface area contributed by atoms with Crippen LogP contribution in [0.2, 0.25) is 0 Å². The Bertz CT molecular complexity index is 608. The second-order valence-electron chi connectivity index (χ2n) is 4.67. The summed E-state index contributed by atoms with van der Waals surface area (Å²) in [6.45, 7) is 1.95. The number of carbonyl (C=O) groups excluding carboxylic acids is 1. The van der Waals surface area contributed by atoms with Gasteiger partial charge in [0.15, 0.2) is 5.13 Å². The largest absolute Gasteiger partial charge is 0.481 e. The van der Waals surface area contributed by atoms with Gasteiger partial charge in [-0.25, -0.2) is 9.78 Å². The quantitative estimate of drug-likeness (QED) is 0.765. The molecule has 2 aromatic rings. The van der Waals surface area contributed by atoms with Gasteiger partial charge in [-0.05, 0) is 18.6 Å². The number of para-hydroxylation sites is 1. The average molecular weight is 307 g/mol. The summed E-state index contributed by atoms with van der Waals surface area (Å²) in [7, 11) is 0. The van der Waals surface area contributed by atoms with Gasteiger partial charge in [-0.2, -0.15) is 0 Å². The third-order valence-electron chi connectivity index (χ3n) is 2.91. The highest BCUT2D eigenvalue weighted by molar-refractivity contribution is 7.22. The Labute approximate surface area is 126 Å². The Morgan fingerprint density at radius 2 is 2.14 bits per heavy atom. The highest BCUT2D eigenvalue weighted by Crippen LogP contribution is 2.25. The maximum Gasteiger partial charge on any atom is 0.321 e. The van der Waals surface area contributed by atoms with Crippen LogP contribution in [0.3, 0.4) is 0 Å². The Morgan fingerprint density at radius 3 is 2.81 bits per heavy atom. The van der Waals surface area contributed by atoms with Crippen LogP contribution in [-0.4, -0.2) is 28.1 Å². The van der Waals surface area contributed by atoms with Crippen LogP contribution in [0.1, 0.15) is 26.2 Å². The second kappa shape index (κ2) is 7.03. The molecule has 112 valence electrons. The minimum Gasteiger partial charge on any atom is -0.481 e. The molecule has 2 rings (SSSR count). The number of nitrogens with one attached hydrogen (secondary N) is 2. The Hall–Kier alpha value is -2.15. The molecule has 1 aromatic carbocycles. The molecule has 1 aromatic heterocycles. The molecule has 1 unspecified atom stereocenters. The molecule has 2 amide bonds. The molecule has 0 radical (unpaired) electrons. The summed E-state index contributed by atoms with van der Waals surface area (Å²) in [5.41, 5.74) is 0.827. The van der Waals surface area contributed by atoms with Crippen LogP contribution in [0, 0.1) is 0 Å². The fourth-order valence-electron chi connectivity index (χ4n) is 2.03. The van der Waals surface area contributed by atoms with E-state index in [1.54, 1.807) is 0 Å². The van der Waals surface area contributed by atoms with E-state index in [0.29, 0.717) is 11.6 Å². The number of amides is 2. The molecule has 0 fully saturated rings.